The van der Waals surface area contributed by atoms with E-state index in [9.17, 15) is 9.59 Å². The smallest absolute Gasteiger partial charge is 0.356 e. The van der Waals surface area contributed by atoms with Crippen LogP contribution in [-0.2, 0) is 22.4 Å². The van der Waals surface area contributed by atoms with Crippen molar-refractivity contribution in [2.24, 2.45) is 0 Å². The van der Waals surface area contributed by atoms with Crippen LogP contribution in [0.2, 0.25) is 5.02 Å². The predicted molar refractivity (Wildman–Crippen MR) is 85.2 cm³/mol. The Morgan fingerprint density at radius 3 is 2.39 bits per heavy atom. The van der Waals surface area contributed by atoms with Gasteiger partial charge in [0.15, 0.2) is 0 Å². The molecule has 0 atom stereocenters. The maximum atomic E-state index is 11.0. The van der Waals surface area contributed by atoms with E-state index in [1.807, 2.05) is 19.9 Å². The van der Waals surface area contributed by atoms with Gasteiger partial charge in [0.05, 0.1) is 5.02 Å². The van der Waals surface area contributed by atoms with Crippen LogP contribution in [0.3, 0.4) is 0 Å². The van der Waals surface area contributed by atoms with Crippen LogP contribution in [0.15, 0.2) is 18.2 Å². The summed E-state index contributed by atoms with van der Waals surface area (Å²) in [6, 6.07) is 4.85. The van der Waals surface area contributed by atoms with Gasteiger partial charge < -0.3 is 14.9 Å². The monoisotopic (exact) mass is 337 g/mol. The zero-order chi connectivity index (χ0) is 17.1. The van der Waals surface area contributed by atoms with Crippen LogP contribution in [0.25, 0.3) is 10.9 Å². The van der Waals surface area contributed by atoms with Crippen LogP contribution in [0.4, 0.5) is 0 Å². The van der Waals surface area contributed by atoms with Gasteiger partial charge in [0.1, 0.15) is 11.3 Å². The number of pyridine rings is 1. The molecule has 1 aromatic heterocycles. The van der Waals surface area contributed by atoms with Crippen molar-refractivity contribution in [3.63, 3.8) is 0 Å². The first-order valence-electron chi connectivity index (χ1n) is 7.12. The lowest BCUT2D eigenvalue weighted by atomic mass is 10.1. The summed E-state index contributed by atoms with van der Waals surface area (Å²) >= 11 is 6.19. The molecule has 0 aliphatic rings. The van der Waals surface area contributed by atoms with Crippen molar-refractivity contribution in [2.45, 2.75) is 32.8 Å². The second-order valence-corrected chi connectivity index (χ2v) is 5.32. The van der Waals surface area contributed by atoms with E-state index in [2.05, 4.69) is 4.98 Å². The fourth-order valence-electron chi connectivity index (χ4n) is 2.32. The maximum Gasteiger partial charge on any atom is 0.356 e. The van der Waals surface area contributed by atoms with E-state index in [1.54, 1.807) is 0 Å². The first kappa shape index (κ1) is 17.0. The normalized spacial score (nSPS) is 11.0. The van der Waals surface area contributed by atoms with Gasteiger partial charge in [0.2, 0.25) is 0 Å². The minimum absolute atomic E-state index is 0.0801. The Bertz CT molecular complexity index is 761. The average molecular weight is 338 g/mol. The molecule has 23 heavy (non-hydrogen) atoms. The fraction of sp³-hybridized carbons (Fsp3) is 0.312. The third-order valence-corrected chi connectivity index (χ3v) is 3.80. The van der Waals surface area contributed by atoms with Gasteiger partial charge in [-0.15, -0.1) is 0 Å². The lowest BCUT2D eigenvalue weighted by Gasteiger charge is -2.15. The number of nitrogens with zero attached hydrogens (tertiary/aromatic N) is 1. The van der Waals surface area contributed by atoms with Crippen LogP contribution in [0.5, 0.6) is 5.75 Å². The quantitative estimate of drug-likeness (QED) is 0.787. The molecule has 0 amide bonds. The molecule has 0 radical (unpaired) electrons. The molecule has 0 unspecified atom stereocenters. The van der Waals surface area contributed by atoms with Crippen LogP contribution < -0.4 is 4.74 Å². The van der Waals surface area contributed by atoms with Crippen molar-refractivity contribution in [1.82, 2.24) is 4.98 Å². The average Bonchev–Trinajstić information content (AvgIpc) is 2.52. The molecular formula is C16H16ClNO5. The molecule has 0 fully saturated rings. The Morgan fingerprint density at radius 2 is 1.87 bits per heavy atom. The van der Waals surface area contributed by atoms with E-state index in [-0.39, 0.29) is 5.75 Å². The summed E-state index contributed by atoms with van der Waals surface area (Å²) < 4.78 is 5.16. The fourth-order valence-corrected chi connectivity index (χ4v) is 2.53. The number of halogens is 1. The van der Waals surface area contributed by atoms with Crippen LogP contribution in [0, 0.1) is 0 Å². The number of carbonyl (C=O) groups is 2. The standard InChI is InChI=1S/C16H16ClNO5/c1-3-8-7-9-10(17)5-6-12(13(9)18-11(8)4-2)23-14(15(19)20)16(21)22/h5-7,14H,3-4H2,1-2H3,(H,19,20)(H,21,22). The number of carboxylic acids is 2. The summed E-state index contributed by atoms with van der Waals surface area (Å²) in [7, 11) is 0. The Morgan fingerprint density at radius 1 is 1.22 bits per heavy atom. The van der Waals surface area contributed by atoms with Gasteiger partial charge in [-0.25, -0.2) is 14.6 Å². The van der Waals surface area contributed by atoms with E-state index in [0.29, 0.717) is 22.3 Å². The van der Waals surface area contributed by atoms with Gasteiger partial charge in [-0.3, -0.25) is 0 Å². The van der Waals surface area contributed by atoms with Crippen molar-refractivity contribution >= 4 is 34.4 Å². The van der Waals surface area contributed by atoms with Crippen LogP contribution in [-0.4, -0.2) is 33.2 Å². The largest absolute Gasteiger partial charge is 0.478 e. The topological polar surface area (TPSA) is 96.7 Å². The molecule has 2 aromatic rings. The lowest BCUT2D eigenvalue weighted by molar-refractivity contribution is -0.158. The van der Waals surface area contributed by atoms with Crippen molar-refractivity contribution in [1.29, 1.82) is 0 Å². The molecule has 122 valence electrons. The van der Waals surface area contributed by atoms with Gasteiger partial charge in [0.25, 0.3) is 6.10 Å². The molecule has 0 aliphatic carbocycles. The molecule has 2 rings (SSSR count). The molecule has 0 saturated heterocycles. The Kier molecular flexibility index (Phi) is 5.05. The Balaban J connectivity index is 2.63. The lowest BCUT2D eigenvalue weighted by Crippen LogP contribution is -2.35. The molecule has 2 N–H and O–H groups in total. The highest BCUT2D eigenvalue weighted by Crippen LogP contribution is 2.32. The summed E-state index contributed by atoms with van der Waals surface area (Å²) in [5.41, 5.74) is 2.24. The molecule has 1 aromatic carbocycles. The first-order valence-corrected chi connectivity index (χ1v) is 7.50. The molecule has 0 spiro atoms. The Labute approximate surface area is 137 Å². The molecule has 1 heterocycles. The SMILES string of the molecule is CCc1cc2c(Cl)ccc(OC(C(=O)O)C(=O)O)c2nc1CC. The van der Waals surface area contributed by atoms with E-state index in [4.69, 9.17) is 26.6 Å². The number of hydrogen-bond donors (Lipinski definition) is 2. The van der Waals surface area contributed by atoms with Gasteiger partial charge in [-0.1, -0.05) is 25.4 Å². The molecular weight excluding hydrogens is 322 g/mol. The number of ether oxygens (including phenoxy) is 1. The summed E-state index contributed by atoms with van der Waals surface area (Å²) in [6.07, 6.45) is -0.538. The zero-order valence-electron chi connectivity index (χ0n) is 12.7. The number of benzene rings is 1. The number of rotatable bonds is 6. The first-order chi connectivity index (χ1) is 10.9. The third-order valence-electron chi connectivity index (χ3n) is 3.47. The Hall–Kier alpha value is -2.34. The predicted octanol–water partition coefficient (Wildman–Crippen LogP) is 2.93. The third kappa shape index (κ3) is 3.37. The minimum Gasteiger partial charge on any atom is -0.478 e. The van der Waals surface area contributed by atoms with Crippen molar-refractivity contribution in [3.05, 3.63) is 34.5 Å². The van der Waals surface area contributed by atoms with Crippen LogP contribution in [0.1, 0.15) is 25.1 Å². The van der Waals surface area contributed by atoms with E-state index >= 15 is 0 Å². The van der Waals surface area contributed by atoms with Crippen LogP contribution >= 0.6 is 11.6 Å². The highest BCUT2D eigenvalue weighted by Gasteiger charge is 2.29. The molecule has 7 heteroatoms. The zero-order valence-corrected chi connectivity index (χ0v) is 13.4. The molecule has 6 nitrogen and oxygen atoms in total. The van der Waals surface area contributed by atoms with E-state index in [0.717, 1.165) is 17.7 Å². The van der Waals surface area contributed by atoms with Gasteiger partial charge >= 0.3 is 11.9 Å². The van der Waals surface area contributed by atoms with Crippen molar-refractivity contribution < 1.29 is 24.5 Å². The maximum absolute atomic E-state index is 11.0. The summed E-state index contributed by atoms with van der Waals surface area (Å²) in [6.45, 7) is 3.96. The highest BCUT2D eigenvalue weighted by atomic mass is 35.5. The molecule has 0 bridgehead atoms. The number of aryl methyl sites for hydroxylation is 2. The van der Waals surface area contributed by atoms with Gasteiger partial charge in [0, 0.05) is 11.1 Å². The number of aromatic nitrogens is 1. The number of carboxylic acid groups (broad SMARTS) is 2. The van der Waals surface area contributed by atoms with E-state index in [1.165, 1.54) is 12.1 Å². The van der Waals surface area contributed by atoms with Gasteiger partial charge in [-0.2, -0.15) is 0 Å². The molecule has 0 aliphatic heterocycles. The van der Waals surface area contributed by atoms with Crippen molar-refractivity contribution in [3.8, 4) is 5.75 Å². The summed E-state index contributed by atoms with van der Waals surface area (Å²) in [4.78, 5) is 26.5. The second-order valence-electron chi connectivity index (χ2n) is 4.92. The van der Waals surface area contributed by atoms with Crippen molar-refractivity contribution in [2.75, 3.05) is 0 Å². The summed E-state index contributed by atoms with van der Waals surface area (Å²) in [5.74, 6) is -3.08. The van der Waals surface area contributed by atoms with Gasteiger partial charge in [-0.05, 0) is 36.6 Å². The summed E-state index contributed by atoms with van der Waals surface area (Å²) in [5, 5.41) is 19.0. The molecule has 0 saturated carbocycles. The highest BCUT2D eigenvalue weighted by molar-refractivity contribution is 6.35. The number of fused-ring (bicyclic) bond motifs is 1. The minimum atomic E-state index is -2.00. The number of aliphatic carboxylic acids is 2. The second kappa shape index (κ2) is 6.83. The van der Waals surface area contributed by atoms with E-state index < -0.39 is 18.0 Å². The number of hydrogen-bond acceptors (Lipinski definition) is 4.